The SMILES string of the molecule is CC(C)(O)[C@H](c1ccccc1)N1C(=O)C2C3CCC(CC3)C2C1=O. The van der Waals surface area contributed by atoms with Gasteiger partial charge in [0.15, 0.2) is 0 Å². The predicted octanol–water partition coefficient (Wildman–Crippen LogP) is 2.92. The molecule has 128 valence electrons. The Morgan fingerprint density at radius 3 is 1.83 bits per heavy atom. The summed E-state index contributed by atoms with van der Waals surface area (Å²) in [5, 5.41) is 10.8. The molecule has 1 aromatic carbocycles. The molecule has 4 fully saturated rings. The van der Waals surface area contributed by atoms with Gasteiger partial charge in [-0.1, -0.05) is 30.3 Å². The van der Waals surface area contributed by atoms with Gasteiger partial charge >= 0.3 is 0 Å². The Balaban J connectivity index is 1.77. The first-order chi connectivity index (χ1) is 11.4. The van der Waals surface area contributed by atoms with Crippen LogP contribution >= 0.6 is 0 Å². The van der Waals surface area contributed by atoms with Gasteiger partial charge in [0, 0.05) is 0 Å². The third-order valence-electron chi connectivity index (χ3n) is 6.31. The lowest BCUT2D eigenvalue weighted by Crippen LogP contribution is -2.46. The Bertz CT molecular complexity index is 625. The molecule has 1 heterocycles. The van der Waals surface area contributed by atoms with Crippen LogP contribution in [0, 0.1) is 23.7 Å². The average molecular weight is 327 g/mol. The van der Waals surface area contributed by atoms with E-state index in [1.165, 1.54) is 4.90 Å². The van der Waals surface area contributed by atoms with Crippen LogP contribution in [0.5, 0.6) is 0 Å². The molecule has 0 spiro atoms. The number of rotatable bonds is 3. The van der Waals surface area contributed by atoms with Gasteiger partial charge in [-0.3, -0.25) is 14.5 Å². The van der Waals surface area contributed by atoms with Crippen molar-refractivity contribution in [2.24, 2.45) is 23.7 Å². The largest absolute Gasteiger partial charge is 0.388 e. The normalized spacial score (nSPS) is 33.7. The van der Waals surface area contributed by atoms with Crippen molar-refractivity contribution in [2.45, 2.75) is 51.2 Å². The van der Waals surface area contributed by atoms with Gasteiger partial charge in [-0.15, -0.1) is 0 Å². The van der Waals surface area contributed by atoms with Crippen LogP contribution in [0.15, 0.2) is 30.3 Å². The van der Waals surface area contributed by atoms with Gasteiger partial charge in [0.05, 0.1) is 23.5 Å². The Kier molecular flexibility index (Phi) is 3.57. The number of fused-ring (bicyclic) bond motifs is 2. The van der Waals surface area contributed by atoms with Crippen molar-refractivity contribution in [1.29, 1.82) is 0 Å². The van der Waals surface area contributed by atoms with Crippen molar-refractivity contribution in [3.63, 3.8) is 0 Å². The van der Waals surface area contributed by atoms with E-state index in [4.69, 9.17) is 0 Å². The topological polar surface area (TPSA) is 57.6 Å². The van der Waals surface area contributed by atoms with Crippen LogP contribution in [-0.2, 0) is 9.59 Å². The third-order valence-corrected chi connectivity index (χ3v) is 6.31. The summed E-state index contributed by atoms with van der Waals surface area (Å²) in [7, 11) is 0. The summed E-state index contributed by atoms with van der Waals surface area (Å²) < 4.78 is 0. The summed E-state index contributed by atoms with van der Waals surface area (Å²) in [5.41, 5.74) is -0.364. The fourth-order valence-corrected chi connectivity index (χ4v) is 5.35. The predicted molar refractivity (Wildman–Crippen MR) is 89.8 cm³/mol. The molecule has 5 rings (SSSR count). The molecule has 1 aliphatic heterocycles. The summed E-state index contributed by atoms with van der Waals surface area (Å²) >= 11 is 0. The Morgan fingerprint density at radius 2 is 1.42 bits per heavy atom. The van der Waals surface area contributed by atoms with Crippen molar-refractivity contribution >= 4 is 11.8 Å². The minimum atomic E-state index is -1.18. The molecule has 3 atom stereocenters. The van der Waals surface area contributed by atoms with Crippen LogP contribution in [0.3, 0.4) is 0 Å². The van der Waals surface area contributed by atoms with Crippen molar-refractivity contribution in [2.75, 3.05) is 0 Å². The highest BCUT2D eigenvalue weighted by molar-refractivity contribution is 6.06. The van der Waals surface area contributed by atoms with Crippen LogP contribution < -0.4 is 0 Å². The van der Waals surface area contributed by atoms with Gasteiger partial charge in [-0.25, -0.2) is 0 Å². The van der Waals surface area contributed by atoms with E-state index < -0.39 is 11.6 Å². The number of likely N-dealkylation sites (tertiary alicyclic amines) is 1. The fourth-order valence-electron chi connectivity index (χ4n) is 5.35. The summed E-state index contributed by atoms with van der Waals surface area (Å²) in [6.45, 7) is 3.36. The van der Waals surface area contributed by atoms with Crippen molar-refractivity contribution in [1.82, 2.24) is 4.90 Å². The van der Waals surface area contributed by atoms with E-state index in [1.807, 2.05) is 30.3 Å². The van der Waals surface area contributed by atoms with Crippen LogP contribution in [0.4, 0.5) is 0 Å². The molecule has 3 saturated carbocycles. The third kappa shape index (κ3) is 2.23. The number of carbonyl (C=O) groups is 2. The summed E-state index contributed by atoms with van der Waals surface area (Å²) in [4.78, 5) is 27.8. The molecule has 4 nitrogen and oxygen atoms in total. The monoisotopic (exact) mass is 327 g/mol. The van der Waals surface area contributed by atoms with Gasteiger partial charge in [0.25, 0.3) is 0 Å². The lowest BCUT2D eigenvalue weighted by atomic mass is 9.59. The second-order valence-corrected chi connectivity index (χ2v) is 8.24. The number of carbonyl (C=O) groups excluding carboxylic acids is 2. The molecule has 1 aromatic rings. The highest BCUT2D eigenvalue weighted by atomic mass is 16.3. The fraction of sp³-hybridized carbons (Fsp3) is 0.600. The average Bonchev–Trinajstić information content (AvgIpc) is 2.83. The van der Waals surface area contributed by atoms with E-state index in [9.17, 15) is 14.7 Å². The van der Waals surface area contributed by atoms with Gasteiger partial charge < -0.3 is 5.11 Å². The number of amides is 2. The highest BCUT2D eigenvalue weighted by Crippen LogP contribution is 2.54. The lowest BCUT2D eigenvalue weighted by molar-refractivity contribution is -0.149. The molecular formula is C20H25NO3. The first kappa shape index (κ1) is 15.8. The molecule has 2 unspecified atom stereocenters. The van der Waals surface area contributed by atoms with Gasteiger partial charge in [0.1, 0.15) is 0 Å². The number of imide groups is 1. The number of benzene rings is 1. The smallest absolute Gasteiger partial charge is 0.234 e. The molecule has 4 heteroatoms. The molecule has 1 N–H and O–H groups in total. The van der Waals surface area contributed by atoms with E-state index in [-0.39, 0.29) is 23.7 Å². The molecule has 2 amide bonds. The zero-order chi connectivity index (χ0) is 17.1. The molecule has 24 heavy (non-hydrogen) atoms. The molecule has 0 radical (unpaired) electrons. The van der Waals surface area contributed by atoms with E-state index in [0.29, 0.717) is 11.8 Å². The van der Waals surface area contributed by atoms with E-state index in [0.717, 1.165) is 31.2 Å². The van der Waals surface area contributed by atoms with E-state index in [2.05, 4.69) is 0 Å². The summed E-state index contributed by atoms with van der Waals surface area (Å²) in [6, 6.07) is 8.83. The standard InChI is InChI=1S/C20H25NO3/c1-20(2,24)17(14-6-4-3-5-7-14)21-18(22)15-12-8-9-13(11-10-12)16(15)19(21)23/h3-7,12-13,15-17,24H,8-11H2,1-2H3/t12?,13?,15?,16?,17-/m0/s1. The van der Waals surface area contributed by atoms with Gasteiger partial charge in [-0.2, -0.15) is 0 Å². The van der Waals surface area contributed by atoms with Crippen molar-refractivity contribution < 1.29 is 14.7 Å². The number of aliphatic hydroxyl groups is 1. The first-order valence-corrected chi connectivity index (χ1v) is 9.04. The van der Waals surface area contributed by atoms with Crippen LogP contribution in [0.2, 0.25) is 0 Å². The summed E-state index contributed by atoms with van der Waals surface area (Å²) in [5.74, 6) is 0.266. The molecule has 2 bridgehead atoms. The van der Waals surface area contributed by atoms with Crippen LogP contribution in [0.25, 0.3) is 0 Å². The van der Waals surface area contributed by atoms with Gasteiger partial charge in [0.2, 0.25) is 11.8 Å². The number of nitrogens with zero attached hydrogens (tertiary/aromatic N) is 1. The van der Waals surface area contributed by atoms with Gasteiger partial charge in [-0.05, 0) is 56.9 Å². The van der Waals surface area contributed by atoms with E-state index >= 15 is 0 Å². The molecule has 0 aromatic heterocycles. The lowest BCUT2D eigenvalue weighted by Gasteiger charge is -2.42. The maximum atomic E-state index is 13.2. The zero-order valence-corrected chi connectivity index (χ0v) is 14.3. The Hall–Kier alpha value is -1.68. The number of hydrogen-bond acceptors (Lipinski definition) is 3. The minimum absolute atomic E-state index is 0.0598. The molecule has 3 aliphatic carbocycles. The Labute approximate surface area is 142 Å². The van der Waals surface area contributed by atoms with Crippen LogP contribution in [0.1, 0.15) is 51.1 Å². The Morgan fingerprint density at radius 1 is 0.958 bits per heavy atom. The minimum Gasteiger partial charge on any atom is -0.388 e. The first-order valence-electron chi connectivity index (χ1n) is 9.04. The highest BCUT2D eigenvalue weighted by Gasteiger charge is 2.60. The quantitative estimate of drug-likeness (QED) is 0.869. The molecule has 1 saturated heterocycles. The second-order valence-electron chi connectivity index (χ2n) is 8.24. The second kappa shape index (κ2) is 5.41. The summed E-state index contributed by atoms with van der Waals surface area (Å²) in [6.07, 6.45) is 4.27. The maximum Gasteiger partial charge on any atom is 0.234 e. The molecule has 4 aliphatic rings. The molecular weight excluding hydrogens is 302 g/mol. The number of hydrogen-bond donors (Lipinski definition) is 1. The van der Waals surface area contributed by atoms with Crippen molar-refractivity contribution in [3.8, 4) is 0 Å². The zero-order valence-electron chi connectivity index (χ0n) is 14.3. The van der Waals surface area contributed by atoms with Crippen molar-refractivity contribution in [3.05, 3.63) is 35.9 Å². The van der Waals surface area contributed by atoms with E-state index in [1.54, 1.807) is 13.8 Å². The van der Waals surface area contributed by atoms with Crippen LogP contribution in [-0.4, -0.2) is 27.4 Å². The maximum absolute atomic E-state index is 13.2.